The number of benzene rings is 1. The molecule has 0 atom stereocenters. The van der Waals surface area contributed by atoms with Crippen LogP contribution in [0.3, 0.4) is 0 Å². The molecule has 1 aliphatic heterocycles. The van der Waals surface area contributed by atoms with Gasteiger partial charge in [0.1, 0.15) is 5.75 Å². The summed E-state index contributed by atoms with van der Waals surface area (Å²) in [7, 11) is 0. The van der Waals surface area contributed by atoms with E-state index in [-0.39, 0.29) is 5.56 Å². The highest BCUT2D eigenvalue weighted by molar-refractivity contribution is 5.84. The van der Waals surface area contributed by atoms with Crippen molar-refractivity contribution in [3.63, 3.8) is 0 Å². The van der Waals surface area contributed by atoms with Crippen molar-refractivity contribution in [2.45, 2.75) is 6.92 Å². The van der Waals surface area contributed by atoms with Gasteiger partial charge < -0.3 is 9.72 Å². The molecular weight excluding hydrogens is 214 g/mol. The van der Waals surface area contributed by atoms with Gasteiger partial charge in [0.2, 0.25) is 5.56 Å². The lowest BCUT2D eigenvalue weighted by Crippen LogP contribution is -2.05. The van der Waals surface area contributed by atoms with Gasteiger partial charge in [-0.3, -0.25) is 4.79 Å². The number of hydrogen-bond acceptors (Lipinski definition) is 2. The molecule has 3 heteroatoms. The maximum absolute atomic E-state index is 11.3. The third kappa shape index (κ3) is 1.65. The zero-order valence-electron chi connectivity index (χ0n) is 9.36. The van der Waals surface area contributed by atoms with Crippen molar-refractivity contribution in [2.24, 2.45) is 0 Å². The van der Waals surface area contributed by atoms with Crippen molar-refractivity contribution in [3.8, 4) is 11.5 Å². The molecule has 0 spiro atoms. The number of nitrogens with one attached hydrogen (secondary N) is 1. The van der Waals surface area contributed by atoms with Gasteiger partial charge in [0.25, 0.3) is 0 Å². The lowest BCUT2D eigenvalue weighted by atomic mass is 10.1. The van der Waals surface area contributed by atoms with Gasteiger partial charge in [-0.05, 0) is 30.7 Å². The standard InChI is InChI=1S/C14H11NO2/c1-9-8-11-13(6-7-14(16)15-11)17-12-5-3-2-4-10(9)12/h2-8H,1H3,(H,15,16). The zero-order chi connectivity index (χ0) is 11.8. The van der Waals surface area contributed by atoms with E-state index in [2.05, 4.69) is 4.98 Å². The van der Waals surface area contributed by atoms with Gasteiger partial charge in [0.15, 0.2) is 5.75 Å². The number of hydrogen-bond donors (Lipinski definition) is 1. The predicted octanol–water partition coefficient (Wildman–Crippen LogP) is 3.04. The van der Waals surface area contributed by atoms with Crippen LogP contribution in [0.4, 0.5) is 0 Å². The van der Waals surface area contributed by atoms with Crippen LogP contribution < -0.4 is 10.3 Å². The van der Waals surface area contributed by atoms with Crippen LogP contribution in [0, 0.1) is 0 Å². The molecule has 17 heavy (non-hydrogen) atoms. The second kappa shape index (κ2) is 3.63. The van der Waals surface area contributed by atoms with Gasteiger partial charge in [-0.1, -0.05) is 18.2 Å². The van der Waals surface area contributed by atoms with Gasteiger partial charge in [0.05, 0.1) is 5.69 Å². The summed E-state index contributed by atoms with van der Waals surface area (Å²) in [5, 5.41) is 0. The SMILES string of the molecule is CC1=Cc2[nH]c(=O)ccc2Oc2ccccc21. The first-order valence-electron chi connectivity index (χ1n) is 5.43. The summed E-state index contributed by atoms with van der Waals surface area (Å²) in [5.41, 5.74) is 2.71. The quantitative estimate of drug-likeness (QED) is 0.748. The zero-order valence-corrected chi connectivity index (χ0v) is 9.36. The molecule has 2 heterocycles. The van der Waals surface area contributed by atoms with Gasteiger partial charge >= 0.3 is 0 Å². The third-order valence-corrected chi connectivity index (χ3v) is 2.80. The molecular formula is C14H11NO2. The van der Waals surface area contributed by atoms with E-state index in [1.807, 2.05) is 37.3 Å². The van der Waals surface area contributed by atoms with Crippen LogP contribution in [0.5, 0.6) is 11.5 Å². The van der Waals surface area contributed by atoms with E-state index in [0.717, 1.165) is 16.9 Å². The van der Waals surface area contributed by atoms with Crippen LogP contribution in [0.25, 0.3) is 11.6 Å². The van der Waals surface area contributed by atoms with Crippen molar-refractivity contribution in [2.75, 3.05) is 0 Å². The van der Waals surface area contributed by atoms with Crippen LogP contribution in [0.15, 0.2) is 41.2 Å². The van der Waals surface area contributed by atoms with Crippen molar-refractivity contribution in [1.82, 2.24) is 4.98 Å². The monoisotopic (exact) mass is 225 g/mol. The van der Waals surface area contributed by atoms with E-state index in [4.69, 9.17) is 4.74 Å². The molecule has 1 N–H and O–H groups in total. The molecule has 0 bridgehead atoms. The van der Waals surface area contributed by atoms with E-state index < -0.39 is 0 Å². The second-order valence-electron chi connectivity index (χ2n) is 4.03. The van der Waals surface area contributed by atoms with E-state index in [0.29, 0.717) is 11.4 Å². The van der Waals surface area contributed by atoms with Crippen molar-refractivity contribution >= 4 is 11.6 Å². The molecule has 0 saturated carbocycles. The summed E-state index contributed by atoms with van der Waals surface area (Å²) < 4.78 is 5.81. The smallest absolute Gasteiger partial charge is 0.248 e. The lowest BCUT2D eigenvalue weighted by molar-refractivity contribution is 0.478. The van der Waals surface area contributed by atoms with Crippen molar-refractivity contribution in [1.29, 1.82) is 0 Å². The molecule has 0 fully saturated rings. The molecule has 0 unspecified atom stereocenters. The summed E-state index contributed by atoms with van der Waals surface area (Å²) in [6, 6.07) is 11.0. The number of fused-ring (bicyclic) bond motifs is 2. The molecule has 84 valence electrons. The first-order chi connectivity index (χ1) is 8.24. The Labute approximate surface area is 98.4 Å². The molecule has 1 aromatic carbocycles. The minimum Gasteiger partial charge on any atom is -0.455 e. The van der Waals surface area contributed by atoms with Gasteiger partial charge in [-0.2, -0.15) is 0 Å². The Bertz CT molecular complexity index is 668. The Kier molecular flexibility index (Phi) is 2.11. The minimum atomic E-state index is -0.123. The Balaban J connectivity index is 2.27. The molecule has 0 saturated heterocycles. The fourth-order valence-corrected chi connectivity index (χ4v) is 1.97. The average molecular weight is 225 g/mol. The van der Waals surface area contributed by atoms with Gasteiger partial charge in [0, 0.05) is 11.6 Å². The van der Waals surface area contributed by atoms with E-state index >= 15 is 0 Å². The van der Waals surface area contributed by atoms with E-state index in [1.54, 1.807) is 6.07 Å². The minimum absolute atomic E-state index is 0.123. The van der Waals surface area contributed by atoms with Crippen LogP contribution in [-0.4, -0.2) is 4.98 Å². The Morgan fingerprint density at radius 3 is 2.76 bits per heavy atom. The first kappa shape index (κ1) is 9.90. The summed E-state index contributed by atoms with van der Waals surface area (Å²) in [6.45, 7) is 2.00. The molecule has 3 nitrogen and oxygen atoms in total. The average Bonchev–Trinajstić information content (AvgIpc) is 2.46. The molecule has 0 amide bonds. The number of H-pyrrole nitrogens is 1. The Morgan fingerprint density at radius 2 is 1.88 bits per heavy atom. The normalized spacial score (nSPS) is 12.9. The maximum atomic E-state index is 11.3. The van der Waals surface area contributed by atoms with Crippen molar-refractivity contribution < 1.29 is 4.74 Å². The number of para-hydroxylation sites is 1. The van der Waals surface area contributed by atoms with Crippen LogP contribution in [0.1, 0.15) is 18.2 Å². The van der Waals surface area contributed by atoms with E-state index in [1.165, 1.54) is 6.07 Å². The predicted molar refractivity (Wildman–Crippen MR) is 67.1 cm³/mol. The summed E-state index contributed by atoms with van der Waals surface area (Å²) in [6.07, 6.45) is 1.93. The second-order valence-corrected chi connectivity index (χ2v) is 4.03. The van der Waals surface area contributed by atoms with Crippen molar-refractivity contribution in [3.05, 3.63) is 58.0 Å². The number of pyridine rings is 1. The molecule has 1 aromatic heterocycles. The number of aromatic nitrogens is 1. The lowest BCUT2D eigenvalue weighted by Gasteiger charge is -2.08. The van der Waals surface area contributed by atoms with Crippen LogP contribution in [0.2, 0.25) is 0 Å². The van der Waals surface area contributed by atoms with Gasteiger partial charge in [-0.25, -0.2) is 0 Å². The number of rotatable bonds is 0. The number of allylic oxidation sites excluding steroid dienone is 1. The molecule has 1 aliphatic rings. The Hall–Kier alpha value is -2.29. The number of ether oxygens (including phenoxy) is 1. The highest BCUT2D eigenvalue weighted by atomic mass is 16.5. The van der Waals surface area contributed by atoms with E-state index in [9.17, 15) is 4.79 Å². The molecule has 0 radical (unpaired) electrons. The number of aromatic amines is 1. The summed E-state index contributed by atoms with van der Waals surface area (Å²) >= 11 is 0. The highest BCUT2D eigenvalue weighted by Crippen LogP contribution is 2.35. The highest BCUT2D eigenvalue weighted by Gasteiger charge is 2.13. The topological polar surface area (TPSA) is 42.1 Å². The van der Waals surface area contributed by atoms with Crippen LogP contribution >= 0.6 is 0 Å². The largest absolute Gasteiger partial charge is 0.455 e. The summed E-state index contributed by atoms with van der Waals surface area (Å²) in [4.78, 5) is 14.1. The molecule has 3 rings (SSSR count). The fourth-order valence-electron chi connectivity index (χ4n) is 1.97. The fraction of sp³-hybridized carbons (Fsp3) is 0.0714. The first-order valence-corrected chi connectivity index (χ1v) is 5.43. The molecule has 0 aliphatic carbocycles. The van der Waals surface area contributed by atoms with Gasteiger partial charge in [-0.15, -0.1) is 0 Å². The van der Waals surface area contributed by atoms with Crippen LogP contribution in [-0.2, 0) is 0 Å². The molecule has 2 aromatic rings. The summed E-state index contributed by atoms with van der Waals surface area (Å²) in [5.74, 6) is 1.49. The Morgan fingerprint density at radius 1 is 1.06 bits per heavy atom. The third-order valence-electron chi connectivity index (χ3n) is 2.80. The maximum Gasteiger partial charge on any atom is 0.248 e.